The molecular weight excluding hydrogens is 288 g/mol. The van der Waals surface area contributed by atoms with Crippen molar-refractivity contribution < 1.29 is 11.3 Å². The number of aliphatic hydroxyl groups is 1. The second-order valence-electron chi connectivity index (χ2n) is 4.58. The summed E-state index contributed by atoms with van der Waals surface area (Å²) in [6.07, 6.45) is 0. The Bertz CT molecular complexity index is 764. The van der Waals surface area contributed by atoms with Gasteiger partial charge in [0, 0.05) is 16.1 Å². The number of nitrogens with zero attached hydrogens (tertiary/aromatic N) is 1. The Kier molecular flexibility index (Phi) is 3.39. The van der Waals surface area contributed by atoms with Crippen LogP contribution >= 0.6 is 11.6 Å². The molecule has 106 valence electrons. The third-order valence-corrected chi connectivity index (χ3v) is 3.43. The van der Waals surface area contributed by atoms with E-state index in [-0.39, 0.29) is 0 Å². The number of anilines is 1. The molecule has 0 aromatic heterocycles. The van der Waals surface area contributed by atoms with Gasteiger partial charge in [0.2, 0.25) is 0 Å². The highest BCUT2D eigenvalue weighted by Gasteiger charge is 2.25. The fraction of sp³-hybridized carbons (Fsp3) is 0.125. The smallest absolute Gasteiger partial charge is 0.251 e. The Morgan fingerprint density at radius 2 is 2.05 bits per heavy atom. The van der Waals surface area contributed by atoms with Crippen molar-refractivity contribution in [3.05, 3.63) is 64.7 Å². The second kappa shape index (κ2) is 5.68. The van der Waals surface area contributed by atoms with Crippen LogP contribution < -0.4 is 5.32 Å². The Morgan fingerprint density at radius 3 is 2.76 bits per heavy atom. The molecule has 1 amide bonds. The Hall–Kier alpha value is -2.17. The highest BCUT2D eigenvalue weighted by atomic mass is 35.5. The third-order valence-electron chi connectivity index (χ3n) is 3.19. The monoisotopic (exact) mass is 301 g/mol. The molecular formula is C16H13ClN2O2. The number of rotatable bonds is 2. The van der Waals surface area contributed by atoms with Gasteiger partial charge in [-0.05, 0) is 18.2 Å². The van der Waals surface area contributed by atoms with Crippen LogP contribution in [0.25, 0.3) is 0 Å². The molecule has 1 heterocycles. The lowest BCUT2D eigenvalue weighted by Gasteiger charge is -2.10. The fourth-order valence-electron chi connectivity index (χ4n) is 2.19. The van der Waals surface area contributed by atoms with E-state index in [2.05, 4.69) is 10.3 Å². The van der Waals surface area contributed by atoms with Crippen molar-refractivity contribution in [2.45, 2.75) is 6.02 Å². The first kappa shape index (κ1) is 12.6. The molecule has 2 aromatic carbocycles. The van der Waals surface area contributed by atoms with Gasteiger partial charge in [-0.2, -0.15) is 0 Å². The Labute approximate surface area is 128 Å². The first-order chi connectivity index (χ1) is 10.5. The Balaban J connectivity index is 2.28. The van der Waals surface area contributed by atoms with Crippen LogP contribution in [0.2, 0.25) is 5.02 Å². The van der Waals surface area contributed by atoms with E-state index in [0.29, 0.717) is 22.0 Å². The molecule has 0 aliphatic carbocycles. The number of aliphatic imine (C=N–C) groups is 1. The lowest BCUT2D eigenvalue weighted by Crippen LogP contribution is -2.28. The molecule has 1 atom stereocenters. The zero-order chi connectivity index (χ0) is 15.7. The predicted octanol–water partition coefficient (Wildman–Crippen LogP) is 2.49. The molecule has 3 rings (SSSR count). The van der Waals surface area contributed by atoms with Crippen LogP contribution in [0.5, 0.6) is 0 Å². The normalized spacial score (nSPS) is 21.7. The van der Waals surface area contributed by atoms with Crippen molar-refractivity contribution >= 4 is 28.9 Å². The number of fused-ring (bicyclic) bond motifs is 1. The van der Waals surface area contributed by atoms with Crippen LogP contribution in [-0.2, 0) is 4.79 Å². The zero-order valence-corrected chi connectivity index (χ0v) is 11.8. The van der Waals surface area contributed by atoms with Crippen molar-refractivity contribution in [1.29, 1.82) is 0 Å². The summed E-state index contributed by atoms with van der Waals surface area (Å²) in [6.45, 7) is -0.711. The maximum absolute atomic E-state index is 12.2. The molecule has 2 N–H and O–H groups in total. The van der Waals surface area contributed by atoms with Gasteiger partial charge in [0.15, 0.2) is 6.02 Å². The molecule has 0 bridgehead atoms. The number of nitrogens with one attached hydrogen (secondary N) is 1. The lowest BCUT2D eigenvalue weighted by atomic mass is 10.0. The highest BCUT2D eigenvalue weighted by molar-refractivity contribution is 6.32. The SMILES string of the molecule is [2H]C1(CO)N=C(c2ccccc2)c2cc(Cl)ccc2NC1=O. The molecule has 0 fully saturated rings. The number of carbonyl (C=O) groups is 1. The van der Waals surface area contributed by atoms with Crippen LogP contribution in [0.3, 0.4) is 0 Å². The number of amides is 1. The van der Waals surface area contributed by atoms with Crippen molar-refractivity contribution in [3.63, 3.8) is 0 Å². The van der Waals surface area contributed by atoms with Crippen LogP contribution in [0.15, 0.2) is 53.5 Å². The minimum absolute atomic E-state index is 0.445. The maximum Gasteiger partial charge on any atom is 0.251 e. The Morgan fingerprint density at radius 1 is 1.29 bits per heavy atom. The molecule has 1 aliphatic rings. The van der Waals surface area contributed by atoms with Gasteiger partial charge in [0.1, 0.15) is 0 Å². The number of hydrogen-bond acceptors (Lipinski definition) is 3. The van der Waals surface area contributed by atoms with E-state index in [1.807, 2.05) is 30.3 Å². The summed E-state index contributed by atoms with van der Waals surface area (Å²) in [5.74, 6) is -0.676. The summed E-state index contributed by atoms with van der Waals surface area (Å²) in [5, 5.41) is 12.6. The van der Waals surface area contributed by atoms with E-state index in [1.165, 1.54) is 0 Å². The molecule has 2 aromatic rings. The van der Waals surface area contributed by atoms with E-state index in [1.54, 1.807) is 18.2 Å². The topological polar surface area (TPSA) is 61.7 Å². The van der Waals surface area contributed by atoms with E-state index < -0.39 is 18.5 Å². The molecule has 1 unspecified atom stereocenters. The first-order valence-electron chi connectivity index (χ1n) is 6.91. The van der Waals surface area contributed by atoms with E-state index in [0.717, 1.165) is 5.56 Å². The van der Waals surface area contributed by atoms with Crippen molar-refractivity contribution in [3.8, 4) is 0 Å². The molecule has 0 saturated carbocycles. The molecule has 4 nitrogen and oxygen atoms in total. The van der Waals surface area contributed by atoms with Gasteiger partial charge in [-0.15, -0.1) is 0 Å². The van der Waals surface area contributed by atoms with Crippen molar-refractivity contribution in [2.75, 3.05) is 11.9 Å². The van der Waals surface area contributed by atoms with Crippen LogP contribution in [0.4, 0.5) is 5.69 Å². The second-order valence-corrected chi connectivity index (χ2v) is 5.01. The van der Waals surface area contributed by atoms with Crippen molar-refractivity contribution in [2.24, 2.45) is 4.99 Å². The number of benzene rings is 2. The highest BCUT2D eigenvalue weighted by Crippen LogP contribution is 2.27. The van der Waals surface area contributed by atoms with Gasteiger partial charge in [-0.25, -0.2) is 0 Å². The minimum atomic E-state index is -1.99. The summed E-state index contributed by atoms with van der Waals surface area (Å²) in [6, 6.07) is 12.2. The van der Waals surface area contributed by atoms with Gasteiger partial charge >= 0.3 is 0 Å². The van der Waals surface area contributed by atoms with E-state index in [4.69, 9.17) is 13.0 Å². The zero-order valence-electron chi connectivity index (χ0n) is 12.0. The predicted molar refractivity (Wildman–Crippen MR) is 83.0 cm³/mol. The number of hydrogen-bond donors (Lipinski definition) is 2. The summed E-state index contributed by atoms with van der Waals surface area (Å²) < 4.78 is 8.14. The molecule has 21 heavy (non-hydrogen) atoms. The van der Waals surface area contributed by atoms with E-state index >= 15 is 0 Å². The minimum Gasteiger partial charge on any atom is -0.394 e. The molecule has 1 aliphatic heterocycles. The summed E-state index contributed by atoms with van der Waals surface area (Å²) in [5.41, 5.74) is 2.32. The number of halogens is 1. The maximum atomic E-state index is 12.2. The molecule has 0 spiro atoms. The standard InChI is InChI=1S/C16H13ClN2O2/c17-11-6-7-13-12(8-11)15(10-4-2-1-3-5-10)18-14(9-20)16(21)19-13/h1-8,14,20H,9H2,(H,19,21)/i14D. The largest absolute Gasteiger partial charge is 0.394 e. The van der Waals surface area contributed by atoms with Crippen LogP contribution in [0, 0.1) is 0 Å². The first-order valence-corrected chi connectivity index (χ1v) is 6.79. The number of aliphatic hydroxyl groups excluding tert-OH is 1. The van der Waals surface area contributed by atoms with Crippen molar-refractivity contribution in [1.82, 2.24) is 0 Å². The third kappa shape index (κ3) is 2.68. The van der Waals surface area contributed by atoms with Crippen LogP contribution in [0.1, 0.15) is 12.5 Å². The lowest BCUT2D eigenvalue weighted by molar-refractivity contribution is -0.118. The molecule has 0 saturated heterocycles. The van der Waals surface area contributed by atoms with Gasteiger partial charge < -0.3 is 10.4 Å². The average Bonchev–Trinajstić information content (AvgIpc) is 2.64. The van der Waals surface area contributed by atoms with E-state index in [9.17, 15) is 9.90 Å². The van der Waals surface area contributed by atoms with Crippen LogP contribution in [-0.4, -0.2) is 29.4 Å². The van der Waals surface area contributed by atoms with Gasteiger partial charge in [-0.3, -0.25) is 9.79 Å². The molecule has 5 heteroatoms. The fourth-order valence-corrected chi connectivity index (χ4v) is 2.36. The van der Waals surface area contributed by atoms with Gasteiger partial charge in [0.05, 0.1) is 19.4 Å². The van der Waals surface area contributed by atoms with Gasteiger partial charge in [-0.1, -0.05) is 41.9 Å². The quantitative estimate of drug-likeness (QED) is 0.895. The van der Waals surface area contributed by atoms with Gasteiger partial charge in [0.25, 0.3) is 5.91 Å². The number of carbonyl (C=O) groups excluding carboxylic acids is 1. The summed E-state index contributed by atoms with van der Waals surface area (Å²) in [4.78, 5) is 16.4. The average molecular weight is 302 g/mol. The molecule has 0 radical (unpaired) electrons. The number of benzodiazepines with no additional fused rings is 1. The summed E-state index contributed by atoms with van der Waals surface area (Å²) >= 11 is 6.06. The summed E-state index contributed by atoms with van der Waals surface area (Å²) in [7, 11) is 0.